The lowest BCUT2D eigenvalue weighted by Crippen LogP contribution is -2.47. The molecule has 2 heterocycles. The number of nitrogens with zero attached hydrogens (tertiary/aromatic N) is 2. The highest BCUT2D eigenvalue weighted by Crippen LogP contribution is 2.42. The predicted molar refractivity (Wildman–Crippen MR) is 96.1 cm³/mol. The van der Waals surface area contributed by atoms with Gasteiger partial charge in [-0.2, -0.15) is 0 Å². The van der Waals surface area contributed by atoms with E-state index in [0.717, 1.165) is 5.56 Å². The van der Waals surface area contributed by atoms with Crippen molar-refractivity contribution in [3.05, 3.63) is 35.9 Å². The molecule has 2 aliphatic rings. The van der Waals surface area contributed by atoms with E-state index in [9.17, 15) is 14.4 Å². The Labute approximate surface area is 154 Å². The molecule has 1 spiro atoms. The summed E-state index contributed by atoms with van der Waals surface area (Å²) in [6.07, 6.45) is 0.885. The zero-order valence-corrected chi connectivity index (χ0v) is 15.7. The molecule has 0 saturated carbocycles. The normalized spacial score (nSPS) is 20.0. The Balaban J connectivity index is 1.64. The Hall–Kier alpha value is -2.37. The molecule has 0 unspecified atom stereocenters. The topological polar surface area (TPSA) is 66.9 Å². The van der Waals surface area contributed by atoms with Crippen LogP contribution >= 0.6 is 0 Å². The molecule has 2 aliphatic heterocycles. The van der Waals surface area contributed by atoms with Crippen LogP contribution in [0, 0.1) is 5.41 Å². The molecule has 6 heteroatoms. The van der Waals surface area contributed by atoms with E-state index in [0.29, 0.717) is 32.5 Å². The third-order valence-electron chi connectivity index (χ3n) is 5.05. The highest BCUT2D eigenvalue weighted by Gasteiger charge is 2.53. The Bertz CT molecular complexity index is 700. The molecular weight excluding hydrogens is 332 g/mol. The van der Waals surface area contributed by atoms with E-state index in [1.807, 2.05) is 51.1 Å². The monoisotopic (exact) mass is 358 g/mol. The van der Waals surface area contributed by atoms with Crippen LogP contribution in [0.5, 0.6) is 0 Å². The quantitative estimate of drug-likeness (QED) is 0.763. The van der Waals surface area contributed by atoms with Gasteiger partial charge in [-0.3, -0.25) is 14.5 Å². The third-order valence-corrected chi connectivity index (χ3v) is 5.05. The number of likely N-dealkylation sites (tertiary alicyclic amines) is 2. The van der Waals surface area contributed by atoms with E-state index < -0.39 is 11.0 Å². The maximum atomic E-state index is 13.0. The molecular formula is C20H26N2O4. The Morgan fingerprint density at radius 2 is 1.73 bits per heavy atom. The Morgan fingerprint density at radius 3 is 2.31 bits per heavy atom. The first-order chi connectivity index (χ1) is 12.2. The summed E-state index contributed by atoms with van der Waals surface area (Å²) in [6, 6.07) is 9.53. The number of rotatable bonds is 2. The van der Waals surface area contributed by atoms with Crippen LogP contribution in [0.1, 0.15) is 45.6 Å². The number of piperidine rings is 1. The van der Waals surface area contributed by atoms with Gasteiger partial charge in [0.05, 0.1) is 12.0 Å². The van der Waals surface area contributed by atoms with Gasteiger partial charge in [0.15, 0.2) is 0 Å². The number of benzene rings is 1. The number of hydrogen-bond acceptors (Lipinski definition) is 4. The number of carbonyl (C=O) groups is 3. The van der Waals surface area contributed by atoms with Crippen molar-refractivity contribution in [1.82, 2.24) is 9.80 Å². The average Bonchev–Trinajstić information content (AvgIpc) is 2.79. The summed E-state index contributed by atoms with van der Waals surface area (Å²) in [5.74, 6) is -0.222. The van der Waals surface area contributed by atoms with Crippen LogP contribution in [0.2, 0.25) is 0 Å². The fourth-order valence-corrected chi connectivity index (χ4v) is 3.62. The number of ether oxygens (including phenoxy) is 1. The lowest BCUT2D eigenvalue weighted by atomic mass is 9.77. The summed E-state index contributed by atoms with van der Waals surface area (Å²) in [5.41, 5.74) is -0.264. The maximum Gasteiger partial charge on any atom is 0.410 e. The second-order valence-corrected chi connectivity index (χ2v) is 8.20. The van der Waals surface area contributed by atoms with E-state index >= 15 is 0 Å². The van der Waals surface area contributed by atoms with Gasteiger partial charge in [-0.25, -0.2) is 4.79 Å². The minimum Gasteiger partial charge on any atom is -0.444 e. The summed E-state index contributed by atoms with van der Waals surface area (Å²) in [4.78, 5) is 40.7. The molecule has 0 N–H and O–H groups in total. The van der Waals surface area contributed by atoms with E-state index in [1.165, 1.54) is 4.90 Å². The third kappa shape index (κ3) is 3.74. The number of imide groups is 1. The largest absolute Gasteiger partial charge is 0.444 e. The van der Waals surface area contributed by atoms with Gasteiger partial charge >= 0.3 is 6.09 Å². The molecule has 0 aromatic heterocycles. The average molecular weight is 358 g/mol. The minimum atomic E-state index is -0.662. The van der Waals surface area contributed by atoms with Crippen molar-refractivity contribution in [2.24, 2.45) is 5.41 Å². The van der Waals surface area contributed by atoms with Crippen molar-refractivity contribution in [3.8, 4) is 0 Å². The first kappa shape index (κ1) is 18.4. The highest BCUT2D eigenvalue weighted by atomic mass is 16.6. The van der Waals surface area contributed by atoms with Crippen molar-refractivity contribution >= 4 is 17.9 Å². The van der Waals surface area contributed by atoms with Gasteiger partial charge in [-0.15, -0.1) is 0 Å². The lowest BCUT2D eigenvalue weighted by Gasteiger charge is -2.37. The SMILES string of the molecule is CC(C)(C)OC(=O)N1CCC2(CC1)CC(=O)N(Cc1ccccc1)C2=O. The zero-order chi connectivity index (χ0) is 18.9. The van der Waals surface area contributed by atoms with Crippen molar-refractivity contribution in [3.63, 3.8) is 0 Å². The fourth-order valence-electron chi connectivity index (χ4n) is 3.62. The van der Waals surface area contributed by atoms with E-state index in [2.05, 4.69) is 0 Å². The van der Waals surface area contributed by atoms with Gasteiger partial charge in [0.2, 0.25) is 11.8 Å². The van der Waals surface area contributed by atoms with Crippen molar-refractivity contribution < 1.29 is 19.1 Å². The number of carbonyl (C=O) groups excluding carboxylic acids is 3. The zero-order valence-electron chi connectivity index (χ0n) is 15.7. The van der Waals surface area contributed by atoms with Gasteiger partial charge in [0.1, 0.15) is 5.60 Å². The maximum absolute atomic E-state index is 13.0. The van der Waals surface area contributed by atoms with Crippen molar-refractivity contribution in [2.45, 2.75) is 52.2 Å². The number of amides is 3. The molecule has 3 amide bonds. The van der Waals surface area contributed by atoms with Gasteiger partial charge in [0, 0.05) is 19.5 Å². The Morgan fingerprint density at radius 1 is 1.12 bits per heavy atom. The number of hydrogen-bond donors (Lipinski definition) is 0. The minimum absolute atomic E-state index is 0.102. The van der Waals surface area contributed by atoms with Crippen LogP contribution in [0.4, 0.5) is 4.79 Å². The van der Waals surface area contributed by atoms with Crippen LogP contribution in [0.3, 0.4) is 0 Å². The summed E-state index contributed by atoms with van der Waals surface area (Å²) in [7, 11) is 0. The fraction of sp³-hybridized carbons (Fsp3) is 0.550. The molecule has 0 aliphatic carbocycles. The van der Waals surface area contributed by atoms with E-state index in [-0.39, 0.29) is 24.3 Å². The Kier molecular flexibility index (Phi) is 4.78. The van der Waals surface area contributed by atoms with Crippen molar-refractivity contribution in [2.75, 3.05) is 13.1 Å². The molecule has 1 aromatic rings. The van der Waals surface area contributed by atoms with Crippen LogP contribution in [-0.2, 0) is 20.9 Å². The van der Waals surface area contributed by atoms with Crippen molar-refractivity contribution in [1.29, 1.82) is 0 Å². The van der Waals surface area contributed by atoms with Gasteiger partial charge < -0.3 is 9.64 Å². The van der Waals surface area contributed by atoms with Gasteiger partial charge in [0.25, 0.3) is 0 Å². The van der Waals surface area contributed by atoms with Crippen LogP contribution < -0.4 is 0 Å². The summed E-state index contributed by atoms with van der Waals surface area (Å²) in [6.45, 7) is 6.68. The van der Waals surface area contributed by atoms with Crippen LogP contribution in [-0.4, -0.2) is 46.4 Å². The molecule has 0 radical (unpaired) electrons. The van der Waals surface area contributed by atoms with Crippen LogP contribution in [0.15, 0.2) is 30.3 Å². The molecule has 6 nitrogen and oxygen atoms in total. The van der Waals surface area contributed by atoms with Gasteiger partial charge in [-0.1, -0.05) is 30.3 Å². The molecule has 2 fully saturated rings. The molecule has 0 atom stereocenters. The molecule has 140 valence electrons. The first-order valence-electron chi connectivity index (χ1n) is 9.07. The molecule has 0 bridgehead atoms. The summed E-state index contributed by atoms with van der Waals surface area (Å²) in [5, 5.41) is 0. The second-order valence-electron chi connectivity index (χ2n) is 8.20. The summed E-state index contributed by atoms with van der Waals surface area (Å²) >= 11 is 0. The molecule has 2 saturated heterocycles. The smallest absolute Gasteiger partial charge is 0.410 e. The molecule has 3 rings (SSSR count). The molecule has 1 aromatic carbocycles. The highest BCUT2D eigenvalue weighted by molar-refractivity contribution is 6.06. The van der Waals surface area contributed by atoms with E-state index in [1.54, 1.807) is 4.90 Å². The lowest BCUT2D eigenvalue weighted by molar-refractivity contribution is -0.143. The standard InChI is InChI=1S/C20H26N2O4/c1-19(2,3)26-18(25)21-11-9-20(10-12-21)13-16(23)22(17(20)24)14-15-7-5-4-6-8-15/h4-8H,9-14H2,1-3H3. The predicted octanol–water partition coefficient (Wildman–Crippen LogP) is 2.96. The first-order valence-corrected chi connectivity index (χ1v) is 9.07. The van der Waals surface area contributed by atoms with Crippen LogP contribution in [0.25, 0.3) is 0 Å². The summed E-state index contributed by atoms with van der Waals surface area (Å²) < 4.78 is 5.40. The molecule has 26 heavy (non-hydrogen) atoms. The van der Waals surface area contributed by atoms with Gasteiger partial charge in [-0.05, 0) is 39.2 Å². The van der Waals surface area contributed by atoms with E-state index in [4.69, 9.17) is 4.74 Å². The second kappa shape index (κ2) is 6.74.